The summed E-state index contributed by atoms with van der Waals surface area (Å²) in [5.74, 6) is 0. The van der Waals surface area contributed by atoms with Crippen LogP contribution in [0.25, 0.3) is 11.0 Å². The summed E-state index contributed by atoms with van der Waals surface area (Å²) in [6.07, 6.45) is -4.39. The topological polar surface area (TPSA) is 25.8 Å². The summed E-state index contributed by atoms with van der Waals surface area (Å²) in [7, 11) is 0. The zero-order valence-electron chi connectivity index (χ0n) is 12.2. The Morgan fingerprint density at radius 1 is 0.800 bits per heavy atom. The molecule has 0 N–H and O–H groups in total. The van der Waals surface area contributed by atoms with Crippen LogP contribution in [0.5, 0.6) is 0 Å². The van der Waals surface area contributed by atoms with Gasteiger partial charge in [-0.1, -0.05) is 58.7 Å². The Kier molecular flexibility index (Phi) is 5.08. The van der Waals surface area contributed by atoms with E-state index in [2.05, 4.69) is 9.97 Å². The van der Waals surface area contributed by atoms with Gasteiger partial charge in [0.25, 0.3) is 0 Å². The molecule has 25 heavy (non-hydrogen) atoms. The van der Waals surface area contributed by atoms with Crippen LogP contribution < -0.4 is 0 Å². The zero-order valence-corrected chi connectivity index (χ0v) is 15.3. The zero-order chi connectivity index (χ0) is 18.2. The lowest BCUT2D eigenvalue weighted by atomic mass is 10.2. The molecule has 1 aromatic heterocycles. The summed E-state index contributed by atoms with van der Waals surface area (Å²) in [4.78, 5) is 9.29. The lowest BCUT2D eigenvalue weighted by Crippen LogP contribution is -2.08. The summed E-state index contributed by atoms with van der Waals surface area (Å²) in [6.45, 7) is 0. The first-order valence-electron chi connectivity index (χ1n) is 6.84. The van der Waals surface area contributed by atoms with Crippen LogP contribution in [0, 0.1) is 0 Å². The summed E-state index contributed by atoms with van der Waals surface area (Å²) in [6, 6.07) is 11.7. The van der Waals surface area contributed by atoms with Gasteiger partial charge in [0.05, 0.1) is 16.6 Å². The van der Waals surface area contributed by atoms with E-state index >= 15 is 0 Å². The second-order valence-corrected chi connectivity index (χ2v) is 8.33. The quantitative estimate of drug-likeness (QED) is 0.433. The molecule has 0 atom stereocenters. The average Bonchev–Trinajstić information content (AvgIpc) is 2.53. The third kappa shape index (κ3) is 4.31. The van der Waals surface area contributed by atoms with E-state index in [9.17, 15) is 13.2 Å². The third-order valence-electron chi connectivity index (χ3n) is 3.20. The van der Waals surface area contributed by atoms with Gasteiger partial charge in [0.2, 0.25) is 3.79 Å². The normalized spacial score (nSPS) is 12.6. The summed E-state index contributed by atoms with van der Waals surface area (Å²) in [5, 5.41) is 0.318. The largest absolute Gasteiger partial charge is 0.416 e. The molecule has 2 aromatic carbocycles. The van der Waals surface area contributed by atoms with Crippen LogP contribution in [0.1, 0.15) is 11.3 Å². The van der Waals surface area contributed by atoms with Crippen molar-refractivity contribution in [1.29, 1.82) is 0 Å². The number of benzene rings is 2. The van der Waals surface area contributed by atoms with Crippen molar-refractivity contribution < 1.29 is 13.2 Å². The van der Waals surface area contributed by atoms with Gasteiger partial charge in [-0.05, 0) is 36.4 Å². The molecule has 0 saturated heterocycles. The van der Waals surface area contributed by atoms with E-state index in [1.807, 2.05) is 0 Å². The minimum absolute atomic E-state index is 0.126. The molecule has 0 spiro atoms. The molecule has 0 aliphatic carbocycles. The number of hydrogen-bond donors (Lipinski definition) is 0. The third-order valence-corrected chi connectivity index (χ3v) is 4.73. The van der Waals surface area contributed by atoms with Crippen LogP contribution in [-0.4, -0.2) is 9.97 Å². The van der Waals surface area contributed by atoms with Gasteiger partial charge in [0.1, 0.15) is 10.7 Å². The molecule has 0 unspecified atom stereocenters. The monoisotopic (exact) mass is 422 g/mol. The van der Waals surface area contributed by atoms with Crippen LogP contribution >= 0.6 is 46.6 Å². The number of rotatable bonds is 2. The highest BCUT2D eigenvalue weighted by Crippen LogP contribution is 2.43. The number of para-hydroxylation sites is 2. The molecule has 0 bridgehead atoms. The van der Waals surface area contributed by atoms with Crippen molar-refractivity contribution in [1.82, 2.24) is 9.97 Å². The summed E-state index contributed by atoms with van der Waals surface area (Å²) in [5.41, 5.74) is 0.541. The number of nitrogens with zero attached hydrogens (tertiary/aromatic N) is 2. The molecule has 0 fully saturated rings. The van der Waals surface area contributed by atoms with Gasteiger partial charge >= 0.3 is 6.18 Å². The van der Waals surface area contributed by atoms with Gasteiger partial charge in [-0.3, -0.25) is 0 Å². The van der Waals surface area contributed by atoms with Crippen LogP contribution in [0.2, 0.25) is 0 Å². The Morgan fingerprint density at radius 2 is 1.36 bits per heavy atom. The Bertz CT molecular complexity index is 909. The molecule has 3 aromatic rings. The molecule has 0 saturated carbocycles. The van der Waals surface area contributed by atoms with Gasteiger partial charge in [-0.15, -0.1) is 0 Å². The maximum atomic E-state index is 12.7. The fourth-order valence-corrected chi connectivity index (χ4v) is 3.56. The van der Waals surface area contributed by atoms with Gasteiger partial charge in [-0.25, -0.2) is 9.97 Å². The molecule has 3 rings (SSSR count). The van der Waals surface area contributed by atoms with E-state index in [1.165, 1.54) is 12.1 Å². The van der Waals surface area contributed by atoms with E-state index in [4.69, 9.17) is 34.8 Å². The van der Waals surface area contributed by atoms with Crippen molar-refractivity contribution >= 4 is 57.6 Å². The standard InChI is InChI=1S/C16H8Cl3F3N2S/c17-15(18,19)13-14(24-12-4-2-1-3-11(12)23-13)25-10-7-5-9(6-8-10)16(20,21)22/h1-8H. The molecule has 2 nitrogen and oxygen atoms in total. The average molecular weight is 424 g/mol. The van der Waals surface area contributed by atoms with E-state index in [0.717, 1.165) is 23.9 Å². The van der Waals surface area contributed by atoms with E-state index < -0.39 is 15.5 Å². The van der Waals surface area contributed by atoms with Gasteiger partial charge < -0.3 is 0 Å². The summed E-state index contributed by atoms with van der Waals surface area (Å²) < 4.78 is 36.2. The smallest absolute Gasteiger partial charge is 0.244 e. The lowest BCUT2D eigenvalue weighted by Gasteiger charge is -2.15. The summed E-state index contributed by atoms with van der Waals surface area (Å²) >= 11 is 19.0. The van der Waals surface area contributed by atoms with Crippen molar-refractivity contribution in [2.24, 2.45) is 0 Å². The van der Waals surface area contributed by atoms with Crippen LogP contribution in [0.3, 0.4) is 0 Å². The first kappa shape index (κ1) is 18.6. The molecule has 9 heteroatoms. The SMILES string of the molecule is FC(F)(F)c1ccc(Sc2nc3ccccc3nc2C(Cl)(Cl)Cl)cc1. The molecule has 0 radical (unpaired) electrons. The second-order valence-electron chi connectivity index (χ2n) is 4.99. The van der Waals surface area contributed by atoms with Crippen molar-refractivity contribution in [3.05, 3.63) is 59.8 Å². The minimum atomic E-state index is -4.39. The first-order chi connectivity index (χ1) is 11.6. The molecule has 1 heterocycles. The van der Waals surface area contributed by atoms with Crippen molar-refractivity contribution in [2.75, 3.05) is 0 Å². The first-order valence-corrected chi connectivity index (χ1v) is 8.79. The van der Waals surface area contributed by atoms with Crippen LogP contribution in [0.4, 0.5) is 13.2 Å². The minimum Gasteiger partial charge on any atom is -0.244 e. The van der Waals surface area contributed by atoms with Gasteiger partial charge in [0, 0.05) is 4.90 Å². The van der Waals surface area contributed by atoms with Crippen molar-refractivity contribution in [2.45, 2.75) is 19.9 Å². The predicted molar refractivity (Wildman–Crippen MR) is 94.3 cm³/mol. The van der Waals surface area contributed by atoms with E-state index in [1.54, 1.807) is 24.3 Å². The Hall–Kier alpha value is -1.21. The Balaban J connectivity index is 2.02. The molecule has 0 aliphatic heterocycles. The number of aromatic nitrogens is 2. The van der Waals surface area contributed by atoms with Crippen LogP contribution in [0.15, 0.2) is 58.5 Å². The predicted octanol–water partition coefficient (Wildman–Crippen LogP) is 6.63. The number of halogens is 6. The Labute approximate surface area is 160 Å². The lowest BCUT2D eigenvalue weighted by molar-refractivity contribution is -0.137. The van der Waals surface area contributed by atoms with Crippen LogP contribution in [-0.2, 0) is 9.97 Å². The Morgan fingerprint density at radius 3 is 1.88 bits per heavy atom. The fourth-order valence-electron chi connectivity index (χ4n) is 2.06. The molecule has 0 amide bonds. The highest BCUT2D eigenvalue weighted by Gasteiger charge is 2.31. The van der Waals surface area contributed by atoms with Gasteiger partial charge in [-0.2, -0.15) is 13.2 Å². The number of alkyl halides is 6. The van der Waals surface area contributed by atoms with Crippen molar-refractivity contribution in [3.8, 4) is 0 Å². The maximum absolute atomic E-state index is 12.7. The molecular weight excluding hydrogens is 416 g/mol. The second kappa shape index (κ2) is 6.83. The fraction of sp³-hybridized carbons (Fsp3) is 0.125. The highest BCUT2D eigenvalue weighted by atomic mass is 35.6. The van der Waals surface area contributed by atoms with E-state index in [-0.39, 0.29) is 5.69 Å². The number of fused-ring (bicyclic) bond motifs is 1. The van der Waals surface area contributed by atoms with E-state index in [0.29, 0.717) is 21.0 Å². The number of hydrogen-bond acceptors (Lipinski definition) is 3. The highest BCUT2D eigenvalue weighted by molar-refractivity contribution is 7.99. The molecule has 130 valence electrons. The van der Waals surface area contributed by atoms with Crippen molar-refractivity contribution in [3.63, 3.8) is 0 Å². The maximum Gasteiger partial charge on any atom is 0.416 e. The molecular formula is C16H8Cl3F3N2S. The molecule has 0 aliphatic rings. The van der Waals surface area contributed by atoms with Gasteiger partial charge in [0.15, 0.2) is 0 Å².